The summed E-state index contributed by atoms with van der Waals surface area (Å²) in [5, 5.41) is 4.91. The first kappa shape index (κ1) is 15.5. The fraction of sp³-hybridized carbons (Fsp3) is 0.364. The zero-order chi connectivity index (χ0) is 14.2. The minimum Gasteiger partial charge on any atom is -0.271 e. The molecule has 0 bridgehead atoms. The standard InChI is InChI=1S/C11H13Br2ClN4S/c1-5(2)18-10(7(14)4-16-18)9(17-15)6-3-8(12)19-11(6)13/h3-5,9,17H,15H2,1-2H3. The Morgan fingerprint density at radius 1 is 1.47 bits per heavy atom. The van der Waals surface area contributed by atoms with Gasteiger partial charge in [-0.05, 0) is 51.8 Å². The minimum atomic E-state index is -0.214. The predicted octanol–water partition coefficient (Wildman–Crippen LogP) is 4.26. The van der Waals surface area contributed by atoms with Crippen molar-refractivity contribution in [3.63, 3.8) is 0 Å². The van der Waals surface area contributed by atoms with Gasteiger partial charge in [0.15, 0.2) is 0 Å². The van der Waals surface area contributed by atoms with Crippen LogP contribution in [-0.2, 0) is 0 Å². The number of nitrogens with zero attached hydrogens (tertiary/aromatic N) is 2. The summed E-state index contributed by atoms with van der Waals surface area (Å²) in [6.45, 7) is 4.11. The Kier molecular flexibility index (Phi) is 5.08. The lowest BCUT2D eigenvalue weighted by Gasteiger charge is -2.20. The highest BCUT2D eigenvalue weighted by atomic mass is 79.9. The van der Waals surface area contributed by atoms with Crippen LogP contribution in [0.25, 0.3) is 0 Å². The third kappa shape index (κ3) is 3.06. The van der Waals surface area contributed by atoms with Crippen molar-refractivity contribution >= 4 is 54.8 Å². The van der Waals surface area contributed by atoms with Gasteiger partial charge < -0.3 is 0 Å². The molecule has 2 heterocycles. The largest absolute Gasteiger partial charge is 0.271 e. The lowest BCUT2D eigenvalue weighted by molar-refractivity contribution is 0.476. The van der Waals surface area contributed by atoms with E-state index in [1.165, 1.54) is 0 Å². The van der Waals surface area contributed by atoms with Gasteiger partial charge in [-0.3, -0.25) is 10.5 Å². The molecule has 0 saturated heterocycles. The predicted molar refractivity (Wildman–Crippen MR) is 86.5 cm³/mol. The van der Waals surface area contributed by atoms with Crippen LogP contribution in [-0.4, -0.2) is 9.78 Å². The summed E-state index contributed by atoms with van der Waals surface area (Å²) < 4.78 is 3.92. The van der Waals surface area contributed by atoms with Gasteiger partial charge in [0.05, 0.1) is 30.5 Å². The highest BCUT2D eigenvalue weighted by molar-refractivity contribution is 9.12. The maximum atomic E-state index is 6.27. The molecule has 3 N–H and O–H groups in total. The number of hydrogen-bond acceptors (Lipinski definition) is 4. The Morgan fingerprint density at radius 3 is 2.63 bits per heavy atom. The second-order valence-electron chi connectivity index (χ2n) is 4.30. The van der Waals surface area contributed by atoms with E-state index >= 15 is 0 Å². The molecule has 1 unspecified atom stereocenters. The number of aromatic nitrogens is 2. The molecule has 0 aliphatic carbocycles. The van der Waals surface area contributed by atoms with E-state index < -0.39 is 0 Å². The van der Waals surface area contributed by atoms with Crippen LogP contribution in [0.15, 0.2) is 19.8 Å². The lowest BCUT2D eigenvalue weighted by atomic mass is 10.1. The highest BCUT2D eigenvalue weighted by Gasteiger charge is 2.25. The van der Waals surface area contributed by atoms with Crippen LogP contribution in [0, 0.1) is 0 Å². The number of hydrazine groups is 1. The normalized spacial score (nSPS) is 13.2. The molecular weight excluding hydrogens is 415 g/mol. The van der Waals surface area contributed by atoms with Gasteiger partial charge in [0, 0.05) is 11.6 Å². The quantitative estimate of drug-likeness (QED) is 0.565. The van der Waals surface area contributed by atoms with Gasteiger partial charge in [0.25, 0.3) is 0 Å². The van der Waals surface area contributed by atoms with Gasteiger partial charge in [0.2, 0.25) is 0 Å². The molecule has 4 nitrogen and oxygen atoms in total. The van der Waals surface area contributed by atoms with E-state index in [4.69, 9.17) is 17.4 Å². The van der Waals surface area contributed by atoms with E-state index in [1.807, 2.05) is 10.7 Å². The van der Waals surface area contributed by atoms with Crippen molar-refractivity contribution in [2.24, 2.45) is 5.84 Å². The van der Waals surface area contributed by atoms with Crippen LogP contribution in [0.2, 0.25) is 5.02 Å². The molecule has 2 aromatic rings. The second kappa shape index (κ2) is 6.24. The molecule has 0 fully saturated rings. The Labute approximate surface area is 137 Å². The number of nitrogens with one attached hydrogen (secondary N) is 1. The average molecular weight is 429 g/mol. The molecule has 19 heavy (non-hydrogen) atoms. The van der Waals surface area contributed by atoms with Crippen molar-refractivity contribution in [1.29, 1.82) is 0 Å². The van der Waals surface area contributed by atoms with Crippen molar-refractivity contribution in [3.8, 4) is 0 Å². The van der Waals surface area contributed by atoms with Gasteiger partial charge in [0.1, 0.15) is 0 Å². The highest BCUT2D eigenvalue weighted by Crippen LogP contribution is 2.39. The third-order valence-electron chi connectivity index (χ3n) is 2.71. The molecule has 0 aliphatic rings. The Balaban J connectivity index is 2.54. The summed E-state index contributed by atoms with van der Waals surface area (Å²) in [5.74, 6) is 5.73. The zero-order valence-electron chi connectivity index (χ0n) is 10.3. The van der Waals surface area contributed by atoms with E-state index in [0.29, 0.717) is 5.02 Å². The van der Waals surface area contributed by atoms with Gasteiger partial charge in [-0.2, -0.15) is 5.10 Å². The fourth-order valence-corrected chi connectivity index (χ4v) is 5.04. The van der Waals surface area contributed by atoms with Crippen LogP contribution < -0.4 is 11.3 Å². The first-order valence-corrected chi connectivity index (χ1v) is 8.37. The van der Waals surface area contributed by atoms with Crippen LogP contribution in [0.4, 0.5) is 0 Å². The van der Waals surface area contributed by atoms with E-state index in [2.05, 4.69) is 56.2 Å². The van der Waals surface area contributed by atoms with Crippen molar-refractivity contribution < 1.29 is 0 Å². The summed E-state index contributed by atoms with van der Waals surface area (Å²) in [7, 11) is 0. The Hall–Kier alpha value is 0.0800. The molecule has 0 radical (unpaired) electrons. The molecule has 0 spiro atoms. The Bertz CT molecular complexity index is 581. The molecule has 0 saturated carbocycles. The van der Waals surface area contributed by atoms with Crippen LogP contribution >= 0.6 is 54.8 Å². The molecular formula is C11H13Br2ClN4S. The number of thiophene rings is 1. The molecule has 2 aromatic heterocycles. The van der Waals surface area contributed by atoms with Crippen LogP contribution in [0.5, 0.6) is 0 Å². The van der Waals surface area contributed by atoms with Gasteiger partial charge in [-0.15, -0.1) is 11.3 Å². The van der Waals surface area contributed by atoms with Crippen molar-refractivity contribution in [3.05, 3.63) is 36.1 Å². The molecule has 104 valence electrons. The monoisotopic (exact) mass is 426 g/mol. The number of nitrogens with two attached hydrogens (primary N) is 1. The van der Waals surface area contributed by atoms with E-state index in [1.54, 1.807) is 17.5 Å². The van der Waals surface area contributed by atoms with Crippen molar-refractivity contribution in [1.82, 2.24) is 15.2 Å². The number of halogens is 3. The van der Waals surface area contributed by atoms with Crippen molar-refractivity contribution in [2.45, 2.75) is 25.9 Å². The summed E-state index contributed by atoms with van der Waals surface area (Å²) >= 11 is 14.9. The first-order valence-electron chi connectivity index (χ1n) is 5.59. The van der Waals surface area contributed by atoms with Gasteiger partial charge in [-0.1, -0.05) is 11.6 Å². The van der Waals surface area contributed by atoms with Crippen LogP contribution in [0.1, 0.15) is 37.2 Å². The second-order valence-corrected chi connectivity index (χ2v) is 8.45. The van der Waals surface area contributed by atoms with E-state index in [9.17, 15) is 0 Å². The van der Waals surface area contributed by atoms with E-state index in [0.717, 1.165) is 18.8 Å². The molecule has 0 aliphatic heterocycles. The lowest BCUT2D eigenvalue weighted by Crippen LogP contribution is -2.31. The number of hydrogen-bond donors (Lipinski definition) is 2. The van der Waals surface area contributed by atoms with Gasteiger partial charge in [-0.25, -0.2) is 5.43 Å². The molecule has 0 amide bonds. The minimum absolute atomic E-state index is 0.208. The molecule has 1 atom stereocenters. The Morgan fingerprint density at radius 2 is 2.16 bits per heavy atom. The molecule has 8 heteroatoms. The summed E-state index contributed by atoms with van der Waals surface area (Å²) in [4.78, 5) is 0. The summed E-state index contributed by atoms with van der Waals surface area (Å²) in [6.07, 6.45) is 1.65. The van der Waals surface area contributed by atoms with E-state index in [-0.39, 0.29) is 12.1 Å². The fourth-order valence-electron chi connectivity index (χ4n) is 1.90. The SMILES string of the molecule is CC(C)n1ncc(Cl)c1C(NN)c1cc(Br)sc1Br. The van der Waals surface area contributed by atoms with Crippen molar-refractivity contribution in [2.75, 3.05) is 0 Å². The molecule has 0 aromatic carbocycles. The summed E-state index contributed by atoms with van der Waals surface area (Å²) in [6, 6.07) is 2.02. The maximum absolute atomic E-state index is 6.27. The van der Waals surface area contributed by atoms with Gasteiger partial charge >= 0.3 is 0 Å². The number of rotatable bonds is 4. The van der Waals surface area contributed by atoms with Crippen LogP contribution in [0.3, 0.4) is 0 Å². The zero-order valence-corrected chi connectivity index (χ0v) is 15.1. The summed E-state index contributed by atoms with van der Waals surface area (Å²) in [5.41, 5.74) is 4.72. The smallest absolute Gasteiger partial charge is 0.0913 e. The maximum Gasteiger partial charge on any atom is 0.0913 e. The third-order valence-corrected chi connectivity index (χ3v) is 5.39. The topological polar surface area (TPSA) is 55.9 Å². The molecule has 2 rings (SSSR count). The first-order chi connectivity index (χ1) is 8.95. The average Bonchev–Trinajstić information content (AvgIpc) is 2.85.